The summed E-state index contributed by atoms with van der Waals surface area (Å²) >= 11 is 0. The highest BCUT2D eigenvalue weighted by Gasteiger charge is 1.96. The van der Waals surface area contributed by atoms with E-state index in [1.165, 1.54) is 0 Å². The summed E-state index contributed by atoms with van der Waals surface area (Å²) in [5.41, 5.74) is 0.799. The van der Waals surface area contributed by atoms with Crippen molar-refractivity contribution in [3.8, 4) is 0 Å². The molecule has 0 saturated carbocycles. The molecule has 1 aliphatic heterocycles. The van der Waals surface area contributed by atoms with Crippen LogP contribution in [-0.2, 0) is 4.79 Å². The van der Waals surface area contributed by atoms with Crippen molar-refractivity contribution in [2.75, 3.05) is 6.54 Å². The van der Waals surface area contributed by atoms with Crippen LogP contribution in [0.15, 0.2) is 17.8 Å². The van der Waals surface area contributed by atoms with Crippen molar-refractivity contribution in [1.82, 2.24) is 5.32 Å². The summed E-state index contributed by atoms with van der Waals surface area (Å²) in [5, 5.41) is 2.91. The standard InChI is InChI=1S/C6H7NO/c8-5-6-2-1-3-7-4-6/h1,3,7H,2,4H2. The lowest BCUT2D eigenvalue weighted by Crippen LogP contribution is -2.13. The third-order valence-corrected chi connectivity index (χ3v) is 1.06. The molecule has 2 heteroatoms. The second-order valence-electron chi connectivity index (χ2n) is 1.69. The Balaban J connectivity index is 2.63. The number of carbonyl (C=O) groups excluding carboxylic acids is 1. The van der Waals surface area contributed by atoms with Gasteiger partial charge in [0.15, 0.2) is 0 Å². The predicted octanol–water partition coefficient (Wildman–Crippen LogP) is 0.251. The van der Waals surface area contributed by atoms with Gasteiger partial charge in [0, 0.05) is 18.5 Å². The third-order valence-electron chi connectivity index (χ3n) is 1.06. The van der Waals surface area contributed by atoms with Crippen LogP contribution in [0.4, 0.5) is 0 Å². The second kappa shape index (κ2) is 2.34. The summed E-state index contributed by atoms with van der Waals surface area (Å²) in [7, 11) is 0. The molecule has 0 fully saturated rings. The number of hydrogen-bond acceptors (Lipinski definition) is 2. The first-order valence-corrected chi connectivity index (χ1v) is 2.55. The molecular weight excluding hydrogens is 102 g/mol. The Labute approximate surface area is 47.9 Å². The van der Waals surface area contributed by atoms with E-state index in [1.807, 2.05) is 18.2 Å². The topological polar surface area (TPSA) is 29.1 Å². The zero-order valence-corrected chi connectivity index (χ0v) is 4.48. The summed E-state index contributed by atoms with van der Waals surface area (Å²) in [6.45, 7) is 0.667. The highest BCUT2D eigenvalue weighted by atomic mass is 16.1. The summed E-state index contributed by atoms with van der Waals surface area (Å²) in [5.74, 6) is 1.86. The Morgan fingerprint density at radius 2 is 2.62 bits per heavy atom. The van der Waals surface area contributed by atoms with E-state index in [2.05, 4.69) is 5.32 Å². The monoisotopic (exact) mass is 109 g/mol. The highest BCUT2D eigenvalue weighted by molar-refractivity contribution is 5.54. The fraction of sp³-hybridized carbons (Fsp3) is 0.333. The highest BCUT2D eigenvalue weighted by Crippen LogP contribution is 1.99. The average Bonchev–Trinajstić information content (AvgIpc) is 1.90. The van der Waals surface area contributed by atoms with Gasteiger partial charge in [0.25, 0.3) is 0 Å². The van der Waals surface area contributed by atoms with Gasteiger partial charge in [-0.3, -0.25) is 0 Å². The quantitative estimate of drug-likeness (QED) is 0.452. The molecule has 1 N–H and O–H groups in total. The summed E-state index contributed by atoms with van der Waals surface area (Å²) in [6.07, 6.45) is 4.51. The molecule has 0 saturated heterocycles. The van der Waals surface area contributed by atoms with Crippen LogP contribution in [0, 0.1) is 0 Å². The minimum absolute atomic E-state index is 0.667. The van der Waals surface area contributed by atoms with Crippen molar-refractivity contribution in [3.05, 3.63) is 17.8 Å². The lowest BCUT2D eigenvalue weighted by molar-refractivity contribution is 0.565. The average molecular weight is 109 g/mol. The maximum absolute atomic E-state index is 9.92. The van der Waals surface area contributed by atoms with E-state index in [1.54, 1.807) is 0 Å². The van der Waals surface area contributed by atoms with Gasteiger partial charge < -0.3 is 5.32 Å². The molecule has 0 unspecified atom stereocenters. The lowest BCUT2D eigenvalue weighted by Gasteiger charge is -2.04. The largest absolute Gasteiger partial charge is 0.387 e. The van der Waals surface area contributed by atoms with Crippen LogP contribution in [0.5, 0.6) is 0 Å². The van der Waals surface area contributed by atoms with Gasteiger partial charge in [0.1, 0.15) is 5.94 Å². The van der Waals surface area contributed by atoms with Gasteiger partial charge in [-0.15, -0.1) is 0 Å². The molecule has 0 aromatic heterocycles. The molecule has 42 valence electrons. The van der Waals surface area contributed by atoms with Crippen LogP contribution >= 0.6 is 0 Å². The van der Waals surface area contributed by atoms with E-state index in [0.717, 1.165) is 12.0 Å². The smallest absolute Gasteiger partial charge is 0.125 e. The van der Waals surface area contributed by atoms with E-state index < -0.39 is 0 Å². The summed E-state index contributed by atoms with van der Waals surface area (Å²) < 4.78 is 0. The summed E-state index contributed by atoms with van der Waals surface area (Å²) in [6, 6.07) is 0. The number of nitrogens with one attached hydrogen (secondary N) is 1. The van der Waals surface area contributed by atoms with E-state index in [0.29, 0.717) is 6.54 Å². The Bertz CT molecular complexity index is 154. The molecule has 1 aliphatic rings. The maximum Gasteiger partial charge on any atom is 0.125 e. The van der Waals surface area contributed by atoms with Crippen molar-refractivity contribution in [2.45, 2.75) is 6.42 Å². The van der Waals surface area contributed by atoms with E-state index in [9.17, 15) is 4.79 Å². The van der Waals surface area contributed by atoms with Gasteiger partial charge in [0.05, 0.1) is 0 Å². The zero-order chi connectivity index (χ0) is 5.82. The molecule has 0 amide bonds. The normalized spacial score (nSPS) is 17.2. The maximum atomic E-state index is 9.92. The Kier molecular flexibility index (Phi) is 1.50. The Morgan fingerprint density at radius 1 is 1.75 bits per heavy atom. The van der Waals surface area contributed by atoms with Crippen molar-refractivity contribution in [3.63, 3.8) is 0 Å². The number of hydrogen-bond donors (Lipinski definition) is 1. The third kappa shape index (κ3) is 0.983. The first-order chi connectivity index (χ1) is 3.93. The van der Waals surface area contributed by atoms with Crippen molar-refractivity contribution < 1.29 is 4.79 Å². The molecule has 0 aliphatic carbocycles. The van der Waals surface area contributed by atoms with Gasteiger partial charge in [-0.2, -0.15) is 0 Å². The minimum atomic E-state index is 0.667. The molecule has 0 atom stereocenters. The van der Waals surface area contributed by atoms with Crippen molar-refractivity contribution in [2.24, 2.45) is 0 Å². The van der Waals surface area contributed by atoms with Gasteiger partial charge in [-0.25, -0.2) is 4.79 Å². The van der Waals surface area contributed by atoms with Crippen molar-refractivity contribution >= 4 is 5.94 Å². The van der Waals surface area contributed by atoms with E-state index >= 15 is 0 Å². The van der Waals surface area contributed by atoms with Gasteiger partial charge in [-0.05, 0) is 6.20 Å². The second-order valence-corrected chi connectivity index (χ2v) is 1.69. The number of rotatable bonds is 0. The molecule has 0 spiro atoms. The Morgan fingerprint density at radius 3 is 3.00 bits per heavy atom. The molecular formula is C6H7NO. The van der Waals surface area contributed by atoms with Crippen LogP contribution in [0.2, 0.25) is 0 Å². The molecule has 0 aromatic rings. The fourth-order valence-corrected chi connectivity index (χ4v) is 0.617. The van der Waals surface area contributed by atoms with Crippen LogP contribution in [0.1, 0.15) is 6.42 Å². The Hall–Kier alpha value is -1.01. The van der Waals surface area contributed by atoms with Crippen LogP contribution < -0.4 is 5.32 Å². The fourth-order valence-electron chi connectivity index (χ4n) is 0.617. The molecule has 2 nitrogen and oxygen atoms in total. The molecule has 0 bridgehead atoms. The molecule has 1 heterocycles. The molecule has 0 aromatic carbocycles. The van der Waals surface area contributed by atoms with Gasteiger partial charge in [0.2, 0.25) is 0 Å². The first kappa shape index (κ1) is 5.13. The van der Waals surface area contributed by atoms with Crippen LogP contribution in [-0.4, -0.2) is 12.5 Å². The van der Waals surface area contributed by atoms with Crippen molar-refractivity contribution in [1.29, 1.82) is 0 Å². The van der Waals surface area contributed by atoms with Gasteiger partial charge in [-0.1, -0.05) is 6.08 Å². The molecule has 1 rings (SSSR count). The van der Waals surface area contributed by atoms with E-state index in [-0.39, 0.29) is 0 Å². The minimum Gasteiger partial charge on any atom is -0.387 e. The predicted molar refractivity (Wildman–Crippen MR) is 31.0 cm³/mol. The molecule has 0 radical (unpaired) electrons. The first-order valence-electron chi connectivity index (χ1n) is 2.55. The summed E-state index contributed by atoms with van der Waals surface area (Å²) in [4.78, 5) is 9.92. The van der Waals surface area contributed by atoms with Gasteiger partial charge >= 0.3 is 0 Å². The lowest BCUT2D eigenvalue weighted by atomic mass is 10.2. The number of allylic oxidation sites excluding steroid dienone is 1. The zero-order valence-electron chi connectivity index (χ0n) is 4.48. The van der Waals surface area contributed by atoms with Crippen LogP contribution in [0.3, 0.4) is 0 Å². The van der Waals surface area contributed by atoms with E-state index in [4.69, 9.17) is 0 Å². The SMILES string of the molecule is O=C=C1CC=CNC1. The molecule has 8 heavy (non-hydrogen) atoms. The van der Waals surface area contributed by atoms with Crippen LogP contribution in [0.25, 0.3) is 0 Å².